The lowest BCUT2D eigenvalue weighted by Gasteiger charge is -2.26. The first-order chi connectivity index (χ1) is 7.38. The molecule has 0 aromatic rings. The number of nitrogens with one attached hydrogen (secondary N) is 1. The van der Waals surface area contributed by atoms with Gasteiger partial charge in [-0.15, -0.1) is 0 Å². The van der Waals surface area contributed by atoms with Gasteiger partial charge in [0.25, 0.3) is 0 Å². The smallest absolute Gasteiger partial charge is 0.308 e. The van der Waals surface area contributed by atoms with E-state index in [9.17, 15) is 9.59 Å². The minimum absolute atomic E-state index is 0.256. The van der Waals surface area contributed by atoms with Crippen molar-refractivity contribution in [2.75, 3.05) is 0 Å². The molecule has 0 saturated heterocycles. The van der Waals surface area contributed by atoms with E-state index in [0.717, 1.165) is 12.8 Å². The molecule has 3 unspecified atom stereocenters. The Morgan fingerprint density at radius 1 is 1.50 bits per heavy atom. The highest BCUT2D eigenvalue weighted by Gasteiger charge is 2.36. The number of carbonyl (C=O) groups is 2. The molecule has 16 heavy (non-hydrogen) atoms. The fourth-order valence-electron chi connectivity index (χ4n) is 1.92. The molecule has 0 aromatic heterocycles. The Balaban J connectivity index is 2.60. The SMILES string of the molecule is CCC(C)(N)C(=O)NC1CCCC1C(=O)O. The van der Waals surface area contributed by atoms with E-state index in [1.807, 2.05) is 6.92 Å². The van der Waals surface area contributed by atoms with Crippen LogP contribution >= 0.6 is 0 Å². The van der Waals surface area contributed by atoms with Gasteiger partial charge in [0.15, 0.2) is 0 Å². The molecule has 1 rings (SSSR count). The van der Waals surface area contributed by atoms with Crippen LogP contribution in [0.1, 0.15) is 39.5 Å². The Hall–Kier alpha value is -1.10. The summed E-state index contributed by atoms with van der Waals surface area (Å²) in [6, 6.07) is -0.264. The normalized spacial score (nSPS) is 28.4. The summed E-state index contributed by atoms with van der Waals surface area (Å²) in [6.07, 6.45) is 2.73. The molecule has 0 spiro atoms. The first-order valence-corrected chi connectivity index (χ1v) is 5.71. The van der Waals surface area contributed by atoms with Crippen LogP contribution < -0.4 is 11.1 Å². The highest BCUT2D eigenvalue weighted by molar-refractivity contribution is 5.86. The molecule has 0 aliphatic heterocycles. The third-order valence-corrected chi connectivity index (χ3v) is 3.40. The fourth-order valence-corrected chi connectivity index (χ4v) is 1.92. The van der Waals surface area contributed by atoms with E-state index >= 15 is 0 Å². The number of carboxylic acids is 1. The third-order valence-electron chi connectivity index (χ3n) is 3.40. The fraction of sp³-hybridized carbons (Fsp3) is 0.818. The van der Waals surface area contributed by atoms with E-state index in [4.69, 9.17) is 10.8 Å². The number of carbonyl (C=O) groups excluding carboxylic acids is 1. The molecule has 92 valence electrons. The van der Waals surface area contributed by atoms with E-state index in [1.165, 1.54) is 0 Å². The minimum Gasteiger partial charge on any atom is -0.481 e. The zero-order chi connectivity index (χ0) is 12.3. The second-order valence-electron chi connectivity index (χ2n) is 4.73. The molecule has 4 N–H and O–H groups in total. The molecule has 0 aromatic carbocycles. The molecular weight excluding hydrogens is 208 g/mol. The van der Waals surface area contributed by atoms with E-state index in [1.54, 1.807) is 6.92 Å². The number of hydrogen-bond donors (Lipinski definition) is 3. The van der Waals surface area contributed by atoms with Crippen LogP contribution in [0.4, 0.5) is 0 Å². The Morgan fingerprint density at radius 3 is 2.62 bits per heavy atom. The molecule has 3 atom stereocenters. The van der Waals surface area contributed by atoms with Crippen molar-refractivity contribution in [1.29, 1.82) is 0 Å². The van der Waals surface area contributed by atoms with Crippen molar-refractivity contribution in [2.24, 2.45) is 11.7 Å². The van der Waals surface area contributed by atoms with Gasteiger partial charge >= 0.3 is 5.97 Å². The minimum atomic E-state index is -0.911. The van der Waals surface area contributed by atoms with E-state index in [2.05, 4.69) is 5.32 Å². The second kappa shape index (κ2) is 4.82. The summed E-state index contributed by atoms with van der Waals surface area (Å²) in [5.74, 6) is -1.55. The summed E-state index contributed by atoms with van der Waals surface area (Å²) in [5.41, 5.74) is 4.89. The van der Waals surface area contributed by atoms with Crippen LogP contribution in [0, 0.1) is 5.92 Å². The maximum atomic E-state index is 11.8. The van der Waals surface area contributed by atoms with Crippen LogP contribution in [0.2, 0.25) is 0 Å². The number of carboxylic acid groups (broad SMARTS) is 1. The Kier molecular flexibility index (Phi) is 3.91. The summed E-state index contributed by atoms with van der Waals surface area (Å²) in [6.45, 7) is 3.50. The maximum Gasteiger partial charge on any atom is 0.308 e. The zero-order valence-electron chi connectivity index (χ0n) is 9.82. The van der Waals surface area contributed by atoms with Gasteiger partial charge in [-0.3, -0.25) is 9.59 Å². The van der Waals surface area contributed by atoms with Crippen LogP contribution in [0.3, 0.4) is 0 Å². The lowest BCUT2D eigenvalue weighted by Crippen LogP contribution is -2.55. The number of aliphatic carboxylic acids is 1. The summed E-state index contributed by atoms with van der Waals surface area (Å²) in [4.78, 5) is 22.7. The predicted octanol–water partition coefficient (Wildman–Crippen LogP) is 0.483. The summed E-state index contributed by atoms with van der Waals surface area (Å²) in [5, 5.41) is 11.7. The van der Waals surface area contributed by atoms with Crippen LogP contribution in [-0.2, 0) is 9.59 Å². The number of rotatable bonds is 4. The van der Waals surface area contributed by atoms with Crippen molar-refractivity contribution in [3.8, 4) is 0 Å². The van der Waals surface area contributed by atoms with Gasteiger partial charge in [-0.1, -0.05) is 13.3 Å². The van der Waals surface area contributed by atoms with Crippen molar-refractivity contribution in [3.05, 3.63) is 0 Å². The lowest BCUT2D eigenvalue weighted by molar-refractivity contribution is -0.142. The van der Waals surface area contributed by atoms with Gasteiger partial charge in [0, 0.05) is 6.04 Å². The van der Waals surface area contributed by atoms with Gasteiger partial charge in [0.1, 0.15) is 0 Å². The van der Waals surface area contributed by atoms with Crippen molar-refractivity contribution >= 4 is 11.9 Å². The highest BCUT2D eigenvalue weighted by atomic mass is 16.4. The van der Waals surface area contributed by atoms with E-state index in [-0.39, 0.29) is 11.9 Å². The van der Waals surface area contributed by atoms with Crippen LogP contribution in [0.15, 0.2) is 0 Å². The van der Waals surface area contributed by atoms with Crippen molar-refractivity contribution in [2.45, 2.75) is 51.1 Å². The monoisotopic (exact) mass is 228 g/mol. The summed E-state index contributed by atoms with van der Waals surface area (Å²) < 4.78 is 0. The van der Waals surface area contributed by atoms with Gasteiger partial charge in [0.2, 0.25) is 5.91 Å². The highest BCUT2D eigenvalue weighted by Crippen LogP contribution is 2.26. The average molecular weight is 228 g/mol. The molecule has 0 heterocycles. The van der Waals surface area contributed by atoms with Gasteiger partial charge in [-0.05, 0) is 26.2 Å². The first kappa shape index (κ1) is 13.0. The molecule has 1 aliphatic carbocycles. The third kappa shape index (κ3) is 2.72. The molecule has 0 bridgehead atoms. The molecule has 1 fully saturated rings. The molecule has 1 amide bonds. The van der Waals surface area contributed by atoms with Gasteiger partial charge in [-0.2, -0.15) is 0 Å². The average Bonchev–Trinajstić information content (AvgIpc) is 2.65. The number of nitrogens with two attached hydrogens (primary N) is 1. The van der Waals surface area contributed by atoms with Crippen LogP contribution in [-0.4, -0.2) is 28.6 Å². The molecule has 0 radical (unpaired) electrons. The molecule has 5 nitrogen and oxygen atoms in total. The standard InChI is InChI=1S/C11H20N2O3/c1-3-11(2,12)10(16)13-8-6-4-5-7(8)9(14)15/h7-8H,3-6,12H2,1-2H3,(H,13,16)(H,14,15). The van der Waals surface area contributed by atoms with Gasteiger partial charge in [-0.25, -0.2) is 0 Å². The molecule has 5 heteroatoms. The Bertz CT molecular complexity index is 289. The molecule has 1 aliphatic rings. The van der Waals surface area contributed by atoms with Crippen molar-refractivity contribution in [1.82, 2.24) is 5.32 Å². The quantitative estimate of drug-likeness (QED) is 0.652. The topological polar surface area (TPSA) is 92.4 Å². The van der Waals surface area contributed by atoms with Crippen molar-refractivity contribution in [3.63, 3.8) is 0 Å². The Labute approximate surface area is 95.4 Å². The number of hydrogen-bond acceptors (Lipinski definition) is 3. The van der Waals surface area contributed by atoms with E-state index < -0.39 is 17.4 Å². The van der Waals surface area contributed by atoms with Crippen LogP contribution in [0.25, 0.3) is 0 Å². The second-order valence-corrected chi connectivity index (χ2v) is 4.73. The zero-order valence-corrected chi connectivity index (χ0v) is 9.82. The molecule has 1 saturated carbocycles. The largest absolute Gasteiger partial charge is 0.481 e. The maximum absolute atomic E-state index is 11.8. The summed E-state index contributed by atoms with van der Waals surface area (Å²) >= 11 is 0. The first-order valence-electron chi connectivity index (χ1n) is 5.71. The predicted molar refractivity (Wildman–Crippen MR) is 59.8 cm³/mol. The van der Waals surface area contributed by atoms with Crippen molar-refractivity contribution < 1.29 is 14.7 Å². The summed E-state index contributed by atoms with van der Waals surface area (Å²) in [7, 11) is 0. The molecular formula is C11H20N2O3. The van der Waals surface area contributed by atoms with Gasteiger partial charge in [0.05, 0.1) is 11.5 Å². The van der Waals surface area contributed by atoms with Crippen LogP contribution in [0.5, 0.6) is 0 Å². The number of amides is 1. The Morgan fingerprint density at radius 2 is 2.12 bits per heavy atom. The lowest BCUT2D eigenvalue weighted by atomic mass is 9.97. The van der Waals surface area contributed by atoms with Gasteiger partial charge < -0.3 is 16.2 Å². The van der Waals surface area contributed by atoms with E-state index in [0.29, 0.717) is 12.8 Å².